The number of rotatable bonds is 4. The summed E-state index contributed by atoms with van der Waals surface area (Å²) in [7, 11) is 0. The Hall–Kier alpha value is -2.35. The molecule has 1 aliphatic heterocycles. The summed E-state index contributed by atoms with van der Waals surface area (Å²) in [4.78, 5) is 33.8. The lowest BCUT2D eigenvalue weighted by Gasteiger charge is -2.32. The summed E-state index contributed by atoms with van der Waals surface area (Å²) < 4.78 is 0.944. The van der Waals surface area contributed by atoms with E-state index in [1.165, 1.54) is 11.8 Å². The van der Waals surface area contributed by atoms with Gasteiger partial charge in [-0.3, -0.25) is 9.59 Å². The van der Waals surface area contributed by atoms with Gasteiger partial charge in [-0.25, -0.2) is 4.98 Å². The number of H-pyrrole nitrogens is 1. The number of aromatic nitrogens is 2. The number of anilines is 1. The number of thioether (sulfide) groups is 1. The maximum Gasteiger partial charge on any atom is 0.257 e. The molecule has 0 amide bonds. The van der Waals surface area contributed by atoms with E-state index in [1.807, 2.05) is 48.5 Å². The van der Waals surface area contributed by atoms with Crippen LogP contribution in [-0.2, 0) is 10.5 Å². The van der Waals surface area contributed by atoms with Gasteiger partial charge in [0.05, 0.1) is 5.56 Å². The van der Waals surface area contributed by atoms with E-state index in [0.29, 0.717) is 39.3 Å². The topological polar surface area (TPSA) is 74.8 Å². The Morgan fingerprint density at radius 2 is 1.94 bits per heavy atom. The largest absolute Gasteiger partial charge is 0.343 e. The van der Waals surface area contributed by atoms with Gasteiger partial charge in [-0.2, -0.15) is 0 Å². The van der Waals surface area contributed by atoms with E-state index in [4.69, 9.17) is 16.6 Å². The predicted octanol–water partition coefficient (Wildman–Crippen LogP) is 6.04. The molecular formula is C24H19BrClN3O2S. The minimum absolute atomic E-state index is 0.0936. The van der Waals surface area contributed by atoms with Crippen LogP contribution in [0.3, 0.4) is 0 Å². The van der Waals surface area contributed by atoms with Crippen LogP contribution in [0.2, 0.25) is 5.02 Å². The van der Waals surface area contributed by atoms with Crippen LogP contribution in [0.15, 0.2) is 74.2 Å². The smallest absolute Gasteiger partial charge is 0.257 e. The monoisotopic (exact) mass is 527 g/mol. The quantitative estimate of drug-likeness (QED) is 0.319. The van der Waals surface area contributed by atoms with Crippen LogP contribution >= 0.6 is 39.3 Å². The van der Waals surface area contributed by atoms with Crippen LogP contribution in [0.25, 0.3) is 0 Å². The second-order valence-corrected chi connectivity index (χ2v) is 10.1. The van der Waals surface area contributed by atoms with Gasteiger partial charge in [-0.05, 0) is 48.2 Å². The molecule has 5 rings (SSSR count). The van der Waals surface area contributed by atoms with Gasteiger partial charge in [0.15, 0.2) is 10.9 Å². The summed E-state index contributed by atoms with van der Waals surface area (Å²) in [5.74, 6) is 0.829. The van der Waals surface area contributed by atoms with Gasteiger partial charge in [0.2, 0.25) is 0 Å². The molecule has 32 heavy (non-hydrogen) atoms. The minimum atomic E-state index is -0.426. The second-order valence-electron chi connectivity index (χ2n) is 7.83. The molecule has 1 aliphatic carbocycles. The highest BCUT2D eigenvalue weighted by Crippen LogP contribution is 2.43. The van der Waals surface area contributed by atoms with E-state index in [9.17, 15) is 9.59 Å². The predicted molar refractivity (Wildman–Crippen MR) is 131 cm³/mol. The standard InChI is InChI=1S/C24H19BrClN3O2S/c25-15-9-7-14(8-10-15)19-20-17(5-2-6-18(20)30)27-22-21(19)23(31)29-24(28-22)32-12-13-3-1-4-16(26)11-13/h1,3-4,7-11,19H,2,5-6,12H2,(H2,27,28,29,31)/t19-/m1/s1. The SMILES string of the molecule is O=C1CCCC2=C1[C@@H](c1ccc(Br)cc1)c1c(nc(SCc3cccc(Cl)c3)[nH]c1=O)N2. The summed E-state index contributed by atoms with van der Waals surface area (Å²) >= 11 is 11.0. The number of hydrogen-bond acceptors (Lipinski definition) is 5. The first-order chi connectivity index (χ1) is 15.5. The number of allylic oxidation sites excluding steroid dienone is 2. The Kier molecular flexibility index (Phi) is 5.97. The van der Waals surface area contributed by atoms with E-state index in [2.05, 4.69) is 26.2 Å². The summed E-state index contributed by atoms with van der Waals surface area (Å²) in [6.07, 6.45) is 2.07. The molecule has 0 bridgehead atoms. The molecule has 2 heterocycles. The van der Waals surface area contributed by atoms with Crippen LogP contribution < -0.4 is 10.9 Å². The average Bonchev–Trinajstić information content (AvgIpc) is 2.77. The zero-order valence-corrected chi connectivity index (χ0v) is 20.1. The fourth-order valence-corrected chi connectivity index (χ4v) is 5.56. The van der Waals surface area contributed by atoms with Gasteiger partial charge in [-0.15, -0.1) is 0 Å². The third kappa shape index (κ3) is 4.17. The molecule has 3 aromatic rings. The van der Waals surface area contributed by atoms with Gasteiger partial charge >= 0.3 is 0 Å². The Morgan fingerprint density at radius 1 is 1.12 bits per heavy atom. The number of fused-ring (bicyclic) bond motifs is 1. The number of benzene rings is 2. The Morgan fingerprint density at radius 3 is 2.72 bits per heavy atom. The van der Waals surface area contributed by atoms with E-state index < -0.39 is 5.92 Å². The van der Waals surface area contributed by atoms with Crippen molar-refractivity contribution >= 4 is 50.9 Å². The zero-order valence-electron chi connectivity index (χ0n) is 17.0. The highest BCUT2D eigenvalue weighted by atomic mass is 79.9. The first-order valence-electron chi connectivity index (χ1n) is 10.3. The van der Waals surface area contributed by atoms with Crippen molar-refractivity contribution in [1.29, 1.82) is 0 Å². The number of carbonyl (C=O) groups excluding carboxylic acids is 1. The molecule has 0 saturated carbocycles. The fraction of sp³-hybridized carbons (Fsp3) is 0.208. The molecular weight excluding hydrogens is 510 g/mol. The number of nitrogens with one attached hydrogen (secondary N) is 2. The van der Waals surface area contributed by atoms with Crippen molar-refractivity contribution in [3.8, 4) is 0 Å². The summed E-state index contributed by atoms with van der Waals surface area (Å²) in [6, 6.07) is 15.4. The number of nitrogens with zero attached hydrogens (tertiary/aromatic N) is 1. The lowest BCUT2D eigenvalue weighted by Crippen LogP contribution is -2.32. The van der Waals surface area contributed by atoms with Crippen molar-refractivity contribution in [2.24, 2.45) is 0 Å². The fourth-order valence-electron chi connectivity index (χ4n) is 4.28. The Labute approximate surface area is 202 Å². The van der Waals surface area contributed by atoms with Crippen LogP contribution in [0.4, 0.5) is 5.82 Å². The lowest BCUT2D eigenvalue weighted by molar-refractivity contribution is -0.116. The molecule has 2 aromatic carbocycles. The van der Waals surface area contributed by atoms with Crippen molar-refractivity contribution in [1.82, 2.24) is 9.97 Å². The number of aromatic amines is 1. The Balaban J connectivity index is 1.55. The molecule has 0 fully saturated rings. The van der Waals surface area contributed by atoms with Gasteiger partial charge in [0.25, 0.3) is 5.56 Å². The first kappa shape index (κ1) is 21.5. The third-order valence-electron chi connectivity index (χ3n) is 5.70. The van der Waals surface area contributed by atoms with Crippen LogP contribution in [-0.4, -0.2) is 15.8 Å². The molecule has 1 aromatic heterocycles. The van der Waals surface area contributed by atoms with Crippen molar-refractivity contribution in [3.05, 3.63) is 96.3 Å². The summed E-state index contributed by atoms with van der Waals surface area (Å²) in [6.45, 7) is 0. The Bertz CT molecular complexity index is 1300. The van der Waals surface area contributed by atoms with Gasteiger partial charge in [-0.1, -0.05) is 63.6 Å². The van der Waals surface area contributed by atoms with Crippen LogP contribution in [0.1, 0.15) is 41.9 Å². The van der Waals surface area contributed by atoms with Crippen molar-refractivity contribution in [2.75, 3.05) is 5.32 Å². The number of ketones is 1. The first-order valence-corrected chi connectivity index (χ1v) is 12.5. The van der Waals surface area contributed by atoms with Crippen LogP contribution in [0, 0.1) is 0 Å². The molecule has 162 valence electrons. The highest BCUT2D eigenvalue weighted by molar-refractivity contribution is 9.10. The second kappa shape index (κ2) is 8.89. The number of carbonyl (C=O) groups is 1. The van der Waals surface area contributed by atoms with E-state index in [0.717, 1.165) is 34.1 Å². The zero-order chi connectivity index (χ0) is 22.2. The molecule has 0 unspecified atom stereocenters. The molecule has 0 spiro atoms. The molecule has 0 saturated heterocycles. The van der Waals surface area contributed by atoms with Crippen LogP contribution in [0.5, 0.6) is 0 Å². The van der Waals surface area contributed by atoms with Gasteiger partial charge < -0.3 is 10.3 Å². The van der Waals surface area contributed by atoms with Gasteiger partial charge in [0.1, 0.15) is 5.82 Å². The molecule has 5 nitrogen and oxygen atoms in total. The van der Waals surface area contributed by atoms with Crippen molar-refractivity contribution in [2.45, 2.75) is 36.1 Å². The highest BCUT2D eigenvalue weighted by Gasteiger charge is 2.37. The van der Waals surface area contributed by atoms with E-state index >= 15 is 0 Å². The summed E-state index contributed by atoms with van der Waals surface area (Å²) in [5, 5.41) is 4.52. The maximum atomic E-state index is 13.3. The molecule has 2 N–H and O–H groups in total. The van der Waals surface area contributed by atoms with E-state index in [1.54, 1.807) is 0 Å². The summed E-state index contributed by atoms with van der Waals surface area (Å²) in [5.41, 5.74) is 3.79. The molecule has 8 heteroatoms. The third-order valence-corrected chi connectivity index (χ3v) is 7.41. The number of hydrogen-bond donors (Lipinski definition) is 2. The number of halogens is 2. The molecule has 0 radical (unpaired) electrons. The molecule has 1 atom stereocenters. The van der Waals surface area contributed by atoms with Crippen molar-refractivity contribution < 1.29 is 4.79 Å². The lowest BCUT2D eigenvalue weighted by atomic mass is 9.76. The number of Topliss-reactive ketones (excluding diaryl/α,β-unsaturated/α-hetero) is 1. The normalized spacial score (nSPS) is 17.6. The minimum Gasteiger partial charge on any atom is -0.343 e. The molecule has 2 aliphatic rings. The van der Waals surface area contributed by atoms with E-state index in [-0.39, 0.29) is 11.3 Å². The average molecular weight is 529 g/mol. The maximum absolute atomic E-state index is 13.3. The van der Waals surface area contributed by atoms with Gasteiger partial charge in [0, 0.05) is 38.9 Å². The van der Waals surface area contributed by atoms with Crippen molar-refractivity contribution in [3.63, 3.8) is 0 Å².